The normalized spacial score (nSPS) is 14.4. The summed E-state index contributed by atoms with van der Waals surface area (Å²) in [5.74, 6) is 0.459. The van der Waals surface area contributed by atoms with E-state index in [9.17, 15) is 9.59 Å². The molecule has 3 rings (SSSR count). The quantitative estimate of drug-likeness (QED) is 0.851. The Balaban J connectivity index is 1.54. The molecule has 1 fully saturated rings. The Labute approximate surface area is 134 Å². The van der Waals surface area contributed by atoms with Crippen molar-refractivity contribution in [2.45, 2.75) is 0 Å². The fraction of sp³-hybridized carbons (Fsp3) is 0.235. The summed E-state index contributed by atoms with van der Waals surface area (Å²) in [6, 6.07) is 12.4. The van der Waals surface area contributed by atoms with E-state index >= 15 is 0 Å². The Kier molecular flexibility index (Phi) is 4.52. The van der Waals surface area contributed by atoms with E-state index in [0.717, 1.165) is 0 Å². The molecule has 1 saturated heterocycles. The molecule has 0 saturated carbocycles. The lowest BCUT2D eigenvalue weighted by Crippen LogP contribution is -2.51. The third kappa shape index (κ3) is 3.66. The van der Waals surface area contributed by atoms with Gasteiger partial charge in [-0.25, -0.2) is 4.79 Å². The van der Waals surface area contributed by atoms with Gasteiger partial charge in [-0.3, -0.25) is 9.78 Å². The molecule has 23 heavy (non-hydrogen) atoms. The number of ether oxygens (including phenoxy) is 1. The van der Waals surface area contributed by atoms with E-state index in [-0.39, 0.29) is 12.0 Å². The molecular weight excluding hydrogens is 294 g/mol. The van der Waals surface area contributed by atoms with E-state index in [1.165, 1.54) is 0 Å². The Morgan fingerprint density at radius 3 is 2.26 bits per heavy atom. The van der Waals surface area contributed by atoms with Crippen molar-refractivity contribution in [2.75, 3.05) is 26.2 Å². The summed E-state index contributed by atoms with van der Waals surface area (Å²) < 4.78 is 5.31. The van der Waals surface area contributed by atoms with Gasteiger partial charge in [-0.05, 0) is 24.3 Å². The van der Waals surface area contributed by atoms with Crippen molar-refractivity contribution >= 4 is 12.0 Å². The van der Waals surface area contributed by atoms with Crippen LogP contribution in [-0.2, 0) is 0 Å². The highest BCUT2D eigenvalue weighted by atomic mass is 16.6. The number of para-hydroxylation sites is 1. The largest absolute Gasteiger partial charge is 0.415 e. The summed E-state index contributed by atoms with van der Waals surface area (Å²) in [4.78, 5) is 31.7. The number of nitrogens with zero attached hydrogens (tertiary/aromatic N) is 3. The van der Waals surface area contributed by atoms with Gasteiger partial charge in [0, 0.05) is 38.6 Å². The van der Waals surface area contributed by atoms with E-state index in [0.29, 0.717) is 37.5 Å². The maximum atomic E-state index is 12.3. The third-order valence-corrected chi connectivity index (χ3v) is 3.68. The highest BCUT2D eigenvalue weighted by molar-refractivity contribution is 5.94. The molecule has 118 valence electrons. The van der Waals surface area contributed by atoms with Gasteiger partial charge in [-0.1, -0.05) is 18.2 Å². The van der Waals surface area contributed by atoms with Crippen LogP contribution in [0.3, 0.4) is 0 Å². The van der Waals surface area contributed by atoms with Gasteiger partial charge < -0.3 is 14.5 Å². The zero-order valence-corrected chi connectivity index (χ0v) is 12.6. The van der Waals surface area contributed by atoms with Crippen molar-refractivity contribution in [3.63, 3.8) is 0 Å². The number of benzene rings is 1. The lowest BCUT2D eigenvalue weighted by molar-refractivity contribution is 0.0633. The molecule has 0 N–H and O–H groups in total. The van der Waals surface area contributed by atoms with Crippen molar-refractivity contribution in [1.29, 1.82) is 0 Å². The van der Waals surface area contributed by atoms with E-state index in [1.807, 2.05) is 18.2 Å². The Hall–Kier alpha value is -2.89. The average Bonchev–Trinajstić information content (AvgIpc) is 2.63. The predicted octanol–water partition coefficient (Wildman–Crippen LogP) is 2.04. The fourth-order valence-electron chi connectivity index (χ4n) is 2.42. The summed E-state index contributed by atoms with van der Waals surface area (Å²) in [5.41, 5.74) is 0.563. The van der Waals surface area contributed by atoms with Crippen LogP contribution in [0.4, 0.5) is 4.79 Å². The molecule has 0 unspecified atom stereocenters. The molecule has 1 aromatic heterocycles. The molecule has 1 aliphatic rings. The molecule has 2 amide bonds. The lowest BCUT2D eigenvalue weighted by atomic mass is 10.2. The number of hydrogen-bond acceptors (Lipinski definition) is 4. The van der Waals surface area contributed by atoms with Crippen LogP contribution < -0.4 is 4.74 Å². The fourth-order valence-corrected chi connectivity index (χ4v) is 2.42. The highest BCUT2D eigenvalue weighted by Crippen LogP contribution is 2.13. The van der Waals surface area contributed by atoms with Crippen LogP contribution in [0, 0.1) is 0 Å². The Morgan fingerprint density at radius 2 is 1.61 bits per heavy atom. The maximum Gasteiger partial charge on any atom is 0.415 e. The number of amides is 2. The number of aromatic nitrogens is 1. The SMILES string of the molecule is O=C(Oc1ccccc1)N1CCN(C(=O)c2cccnc2)CC1. The van der Waals surface area contributed by atoms with Gasteiger partial charge in [0.2, 0.25) is 0 Å². The topological polar surface area (TPSA) is 62.7 Å². The number of carbonyl (C=O) groups excluding carboxylic acids is 2. The van der Waals surface area contributed by atoms with Crippen LogP contribution >= 0.6 is 0 Å². The van der Waals surface area contributed by atoms with E-state index in [4.69, 9.17) is 4.74 Å². The maximum absolute atomic E-state index is 12.3. The minimum atomic E-state index is -0.385. The van der Waals surface area contributed by atoms with E-state index in [2.05, 4.69) is 4.98 Å². The van der Waals surface area contributed by atoms with E-state index in [1.54, 1.807) is 46.5 Å². The predicted molar refractivity (Wildman–Crippen MR) is 84.2 cm³/mol. The van der Waals surface area contributed by atoms with Gasteiger partial charge in [0.05, 0.1) is 5.56 Å². The van der Waals surface area contributed by atoms with Crippen LogP contribution in [-0.4, -0.2) is 53.0 Å². The second-order valence-electron chi connectivity index (χ2n) is 5.20. The summed E-state index contributed by atoms with van der Waals surface area (Å²) in [6.07, 6.45) is 2.80. The minimum absolute atomic E-state index is 0.0609. The second-order valence-corrected chi connectivity index (χ2v) is 5.20. The van der Waals surface area contributed by atoms with Crippen LogP contribution in [0.25, 0.3) is 0 Å². The molecule has 0 radical (unpaired) electrons. The molecule has 0 bridgehead atoms. The minimum Gasteiger partial charge on any atom is -0.410 e. The first-order valence-corrected chi connectivity index (χ1v) is 7.45. The molecule has 0 aliphatic carbocycles. The lowest BCUT2D eigenvalue weighted by Gasteiger charge is -2.34. The summed E-state index contributed by atoms with van der Waals surface area (Å²) >= 11 is 0. The van der Waals surface area contributed by atoms with Crippen molar-refractivity contribution in [3.05, 3.63) is 60.4 Å². The zero-order chi connectivity index (χ0) is 16.1. The first-order chi connectivity index (χ1) is 11.2. The van der Waals surface area contributed by atoms with Gasteiger partial charge in [0.15, 0.2) is 0 Å². The van der Waals surface area contributed by atoms with Gasteiger partial charge in [-0.15, -0.1) is 0 Å². The summed E-state index contributed by atoms with van der Waals surface area (Å²) in [6.45, 7) is 1.88. The molecular formula is C17H17N3O3. The first kappa shape index (κ1) is 15.0. The second kappa shape index (κ2) is 6.91. The number of hydrogen-bond donors (Lipinski definition) is 0. The Bertz CT molecular complexity index is 668. The smallest absolute Gasteiger partial charge is 0.410 e. The third-order valence-electron chi connectivity index (χ3n) is 3.68. The molecule has 0 atom stereocenters. The molecule has 2 heterocycles. The number of rotatable bonds is 2. The van der Waals surface area contributed by atoms with Crippen LogP contribution in [0.2, 0.25) is 0 Å². The van der Waals surface area contributed by atoms with E-state index < -0.39 is 0 Å². The van der Waals surface area contributed by atoms with Gasteiger partial charge in [0.1, 0.15) is 5.75 Å². The van der Waals surface area contributed by atoms with Gasteiger partial charge >= 0.3 is 6.09 Å². The monoisotopic (exact) mass is 311 g/mol. The van der Waals surface area contributed by atoms with Crippen molar-refractivity contribution in [3.8, 4) is 5.75 Å². The van der Waals surface area contributed by atoms with Crippen molar-refractivity contribution in [2.24, 2.45) is 0 Å². The Morgan fingerprint density at radius 1 is 0.913 bits per heavy atom. The molecule has 2 aromatic rings. The van der Waals surface area contributed by atoms with Gasteiger partial charge in [0.25, 0.3) is 5.91 Å². The van der Waals surface area contributed by atoms with Gasteiger partial charge in [-0.2, -0.15) is 0 Å². The standard InChI is InChI=1S/C17H17N3O3/c21-16(14-5-4-8-18-13-14)19-9-11-20(12-10-19)17(22)23-15-6-2-1-3-7-15/h1-8,13H,9-12H2. The van der Waals surface area contributed by atoms with Crippen LogP contribution in [0.1, 0.15) is 10.4 Å². The summed E-state index contributed by atoms with van der Waals surface area (Å²) in [7, 11) is 0. The highest BCUT2D eigenvalue weighted by Gasteiger charge is 2.25. The first-order valence-electron chi connectivity index (χ1n) is 7.45. The number of carbonyl (C=O) groups is 2. The molecule has 1 aromatic carbocycles. The molecule has 0 spiro atoms. The van der Waals surface area contributed by atoms with Crippen molar-refractivity contribution in [1.82, 2.24) is 14.8 Å². The van der Waals surface area contributed by atoms with Crippen LogP contribution in [0.5, 0.6) is 5.75 Å². The average molecular weight is 311 g/mol. The molecule has 1 aliphatic heterocycles. The number of pyridine rings is 1. The van der Waals surface area contributed by atoms with Crippen LogP contribution in [0.15, 0.2) is 54.9 Å². The molecule has 6 heteroatoms. The summed E-state index contributed by atoms with van der Waals surface area (Å²) in [5, 5.41) is 0. The molecule has 6 nitrogen and oxygen atoms in total. The van der Waals surface area contributed by atoms with Crippen molar-refractivity contribution < 1.29 is 14.3 Å². The number of piperazine rings is 1. The zero-order valence-electron chi connectivity index (χ0n) is 12.6.